The Hall–Kier alpha value is -0.120. The van der Waals surface area contributed by atoms with Crippen molar-refractivity contribution in [3.63, 3.8) is 0 Å². The van der Waals surface area contributed by atoms with Gasteiger partial charge in [0.05, 0.1) is 0 Å². The minimum Gasteiger partial charge on any atom is -0.314 e. The molecule has 0 bridgehead atoms. The number of piperidine rings is 2. The Balaban J connectivity index is 1.67. The molecule has 20 heavy (non-hydrogen) atoms. The van der Waals surface area contributed by atoms with Gasteiger partial charge in [-0.15, -0.1) is 0 Å². The minimum absolute atomic E-state index is 0.437. The van der Waals surface area contributed by atoms with Gasteiger partial charge in [-0.05, 0) is 76.3 Å². The molecule has 3 aliphatic rings. The van der Waals surface area contributed by atoms with Crippen molar-refractivity contribution >= 4 is 0 Å². The lowest BCUT2D eigenvalue weighted by Gasteiger charge is -2.49. The van der Waals surface area contributed by atoms with E-state index in [1.165, 1.54) is 57.9 Å². The lowest BCUT2D eigenvalue weighted by Crippen LogP contribution is -2.50. The van der Waals surface area contributed by atoms with E-state index in [-0.39, 0.29) is 0 Å². The summed E-state index contributed by atoms with van der Waals surface area (Å²) in [6, 6.07) is 1.25. The van der Waals surface area contributed by atoms with Crippen LogP contribution in [0.5, 0.6) is 0 Å². The topological polar surface area (TPSA) is 26.7 Å². The molecule has 0 radical (unpaired) electrons. The van der Waals surface area contributed by atoms with Gasteiger partial charge in [0.15, 0.2) is 0 Å². The van der Waals surface area contributed by atoms with Crippen molar-refractivity contribution in [2.75, 3.05) is 20.1 Å². The third kappa shape index (κ3) is 3.05. The fourth-order valence-corrected chi connectivity index (χ4v) is 5.21. The number of nitrogens with zero attached hydrogens (tertiary/aromatic N) is 2. The quantitative estimate of drug-likeness (QED) is 0.840. The van der Waals surface area contributed by atoms with Crippen LogP contribution in [0.3, 0.4) is 0 Å². The van der Waals surface area contributed by atoms with Gasteiger partial charge in [-0.25, -0.2) is 0 Å². The largest absolute Gasteiger partial charge is 0.314 e. The normalized spacial score (nSPS) is 44.2. The highest BCUT2D eigenvalue weighted by Crippen LogP contribution is 2.44. The zero-order valence-electron chi connectivity index (χ0n) is 13.3. The van der Waals surface area contributed by atoms with Gasteiger partial charge in [0, 0.05) is 18.6 Å². The SMILES string of the molecule is CC1CC(CC2CCCCN2O)C2CCCN(C)C2C1. The Morgan fingerprint density at radius 3 is 2.70 bits per heavy atom. The lowest BCUT2D eigenvalue weighted by atomic mass is 9.66. The Kier molecular flexibility index (Phi) is 4.68. The maximum absolute atomic E-state index is 10.1. The maximum atomic E-state index is 10.1. The van der Waals surface area contributed by atoms with Crippen LogP contribution in [0.15, 0.2) is 0 Å². The molecule has 2 aliphatic heterocycles. The molecule has 1 N–H and O–H groups in total. The zero-order valence-corrected chi connectivity index (χ0v) is 13.3. The standard InChI is InChI=1S/C17H32N2O/c1-13-10-14(12-15-6-3-4-9-19(15)20)16-7-5-8-18(2)17(16)11-13/h13-17,20H,3-12H2,1-2H3. The zero-order chi connectivity index (χ0) is 14.1. The van der Waals surface area contributed by atoms with Gasteiger partial charge in [0.2, 0.25) is 0 Å². The smallest absolute Gasteiger partial charge is 0.0353 e. The van der Waals surface area contributed by atoms with Crippen LogP contribution in [-0.2, 0) is 0 Å². The molecule has 0 aromatic heterocycles. The van der Waals surface area contributed by atoms with Gasteiger partial charge in [-0.3, -0.25) is 0 Å². The predicted molar refractivity (Wildman–Crippen MR) is 81.8 cm³/mol. The van der Waals surface area contributed by atoms with Gasteiger partial charge in [0.25, 0.3) is 0 Å². The summed E-state index contributed by atoms with van der Waals surface area (Å²) >= 11 is 0. The Labute approximate surface area is 124 Å². The third-order valence-corrected chi connectivity index (χ3v) is 6.23. The molecule has 5 atom stereocenters. The fourth-order valence-electron chi connectivity index (χ4n) is 5.21. The van der Waals surface area contributed by atoms with Crippen molar-refractivity contribution in [1.29, 1.82) is 0 Å². The maximum Gasteiger partial charge on any atom is 0.0353 e. The first-order chi connectivity index (χ1) is 9.65. The molecule has 1 aliphatic carbocycles. The summed E-state index contributed by atoms with van der Waals surface area (Å²) in [5.74, 6) is 2.59. The van der Waals surface area contributed by atoms with E-state index in [0.717, 1.165) is 30.3 Å². The summed E-state index contributed by atoms with van der Waals surface area (Å²) < 4.78 is 0. The van der Waals surface area contributed by atoms with Gasteiger partial charge < -0.3 is 10.1 Å². The molecule has 0 amide bonds. The van der Waals surface area contributed by atoms with E-state index in [1.54, 1.807) is 5.06 Å². The van der Waals surface area contributed by atoms with Gasteiger partial charge in [-0.2, -0.15) is 5.06 Å². The van der Waals surface area contributed by atoms with Crippen LogP contribution in [0.25, 0.3) is 0 Å². The molecule has 1 saturated carbocycles. The summed E-state index contributed by atoms with van der Waals surface area (Å²) in [6.45, 7) is 4.61. The van der Waals surface area contributed by atoms with E-state index >= 15 is 0 Å². The molecule has 0 spiro atoms. The second-order valence-electron chi connectivity index (χ2n) is 7.74. The molecule has 2 saturated heterocycles. The summed E-state index contributed by atoms with van der Waals surface area (Å²) in [7, 11) is 2.32. The second kappa shape index (κ2) is 6.33. The summed E-state index contributed by atoms with van der Waals surface area (Å²) in [6.07, 6.45) is 10.5. The molecule has 2 heterocycles. The summed E-state index contributed by atoms with van der Waals surface area (Å²) in [5, 5.41) is 11.8. The molecule has 3 heteroatoms. The van der Waals surface area contributed by atoms with E-state index < -0.39 is 0 Å². The first kappa shape index (κ1) is 14.8. The highest BCUT2D eigenvalue weighted by Gasteiger charge is 2.41. The van der Waals surface area contributed by atoms with Crippen LogP contribution in [0, 0.1) is 17.8 Å². The monoisotopic (exact) mass is 280 g/mol. The number of hydroxylamine groups is 2. The van der Waals surface area contributed by atoms with Crippen molar-refractivity contribution in [3.8, 4) is 0 Å². The highest BCUT2D eigenvalue weighted by atomic mass is 16.5. The Morgan fingerprint density at radius 1 is 1.05 bits per heavy atom. The van der Waals surface area contributed by atoms with Crippen molar-refractivity contribution < 1.29 is 5.21 Å². The molecule has 116 valence electrons. The fraction of sp³-hybridized carbons (Fsp3) is 1.00. The van der Waals surface area contributed by atoms with Crippen LogP contribution >= 0.6 is 0 Å². The van der Waals surface area contributed by atoms with E-state index in [2.05, 4.69) is 18.9 Å². The summed E-state index contributed by atoms with van der Waals surface area (Å²) in [5.41, 5.74) is 0. The van der Waals surface area contributed by atoms with Crippen molar-refractivity contribution in [2.24, 2.45) is 17.8 Å². The Bertz CT molecular complexity index is 322. The lowest BCUT2D eigenvalue weighted by molar-refractivity contribution is -0.151. The third-order valence-electron chi connectivity index (χ3n) is 6.23. The van der Waals surface area contributed by atoms with E-state index in [4.69, 9.17) is 0 Å². The number of likely N-dealkylation sites (tertiary alicyclic amines) is 1. The molecule has 5 unspecified atom stereocenters. The Morgan fingerprint density at radius 2 is 1.90 bits per heavy atom. The van der Waals surface area contributed by atoms with E-state index in [9.17, 15) is 5.21 Å². The molecule has 0 aromatic carbocycles. The van der Waals surface area contributed by atoms with Crippen LogP contribution in [0.2, 0.25) is 0 Å². The molecule has 3 rings (SSSR count). The average Bonchev–Trinajstić information content (AvgIpc) is 2.42. The van der Waals surface area contributed by atoms with Crippen LogP contribution in [-0.4, -0.2) is 47.4 Å². The average molecular weight is 280 g/mol. The summed E-state index contributed by atoms with van der Waals surface area (Å²) in [4.78, 5) is 2.62. The van der Waals surface area contributed by atoms with E-state index in [1.807, 2.05) is 0 Å². The number of hydrogen-bond acceptors (Lipinski definition) is 3. The van der Waals surface area contributed by atoms with Gasteiger partial charge >= 0.3 is 0 Å². The van der Waals surface area contributed by atoms with Crippen molar-refractivity contribution in [3.05, 3.63) is 0 Å². The predicted octanol–water partition coefficient (Wildman–Crippen LogP) is 3.38. The molecular formula is C17H32N2O. The van der Waals surface area contributed by atoms with Crippen molar-refractivity contribution in [2.45, 2.75) is 70.4 Å². The van der Waals surface area contributed by atoms with E-state index in [0.29, 0.717) is 6.04 Å². The van der Waals surface area contributed by atoms with Crippen LogP contribution in [0.4, 0.5) is 0 Å². The van der Waals surface area contributed by atoms with Gasteiger partial charge in [-0.1, -0.05) is 13.3 Å². The minimum atomic E-state index is 0.437. The van der Waals surface area contributed by atoms with Crippen LogP contribution < -0.4 is 0 Å². The van der Waals surface area contributed by atoms with Gasteiger partial charge in [0.1, 0.15) is 0 Å². The molecule has 3 fully saturated rings. The molecule has 3 nitrogen and oxygen atoms in total. The number of rotatable bonds is 2. The van der Waals surface area contributed by atoms with Crippen molar-refractivity contribution in [1.82, 2.24) is 9.96 Å². The first-order valence-corrected chi connectivity index (χ1v) is 8.81. The number of hydrogen-bond donors (Lipinski definition) is 1. The molecule has 0 aromatic rings. The van der Waals surface area contributed by atoms with Crippen LogP contribution in [0.1, 0.15) is 58.3 Å². The molecular weight excluding hydrogens is 248 g/mol. The number of fused-ring (bicyclic) bond motifs is 1. The first-order valence-electron chi connectivity index (χ1n) is 8.81. The highest BCUT2D eigenvalue weighted by molar-refractivity contribution is 4.94. The second-order valence-corrected chi connectivity index (χ2v) is 7.74.